The van der Waals surface area contributed by atoms with Gasteiger partial charge in [-0.2, -0.15) is 0 Å². The smallest absolute Gasteiger partial charge is 0.313 e. The molecule has 12 heavy (non-hydrogen) atoms. The molecule has 3 rings (SSSR count). The highest BCUT2D eigenvalue weighted by molar-refractivity contribution is 5.78. The highest BCUT2D eigenvalue weighted by Crippen LogP contribution is 2.50. The fourth-order valence-electron chi connectivity index (χ4n) is 2.72. The molecule has 2 N–H and O–H groups in total. The van der Waals surface area contributed by atoms with Crippen molar-refractivity contribution in [1.82, 2.24) is 0 Å². The second-order valence-corrected chi connectivity index (χ2v) is 3.92. The number of carbonyl (C=O) groups excluding carboxylic acids is 1. The minimum Gasteiger partial charge on any atom is -0.462 e. The van der Waals surface area contributed by atoms with Crippen molar-refractivity contribution in [2.24, 2.45) is 11.7 Å². The van der Waals surface area contributed by atoms with E-state index >= 15 is 0 Å². The average molecular weight is 169 g/mol. The van der Waals surface area contributed by atoms with E-state index in [9.17, 15) is 4.79 Å². The minimum atomic E-state index is -0.332. The van der Waals surface area contributed by atoms with Crippen LogP contribution in [0.15, 0.2) is 0 Å². The van der Waals surface area contributed by atoms with Crippen molar-refractivity contribution < 1.29 is 14.3 Å². The first-order chi connectivity index (χ1) is 5.73. The topological polar surface area (TPSA) is 61.6 Å². The number of cyclic esters (lactones) is 1. The summed E-state index contributed by atoms with van der Waals surface area (Å²) in [5, 5.41) is 0. The lowest BCUT2D eigenvalue weighted by Gasteiger charge is -2.23. The molecule has 0 saturated carbocycles. The van der Waals surface area contributed by atoms with Crippen molar-refractivity contribution in [3.8, 4) is 0 Å². The summed E-state index contributed by atoms with van der Waals surface area (Å²) < 4.78 is 10.7. The molecule has 1 spiro atoms. The zero-order chi connectivity index (χ0) is 8.34. The van der Waals surface area contributed by atoms with E-state index in [2.05, 4.69) is 0 Å². The summed E-state index contributed by atoms with van der Waals surface area (Å²) >= 11 is 0. The molecule has 0 amide bonds. The Labute approximate surface area is 70.0 Å². The van der Waals surface area contributed by atoms with Crippen LogP contribution in [0, 0.1) is 5.92 Å². The van der Waals surface area contributed by atoms with Crippen LogP contribution in [-0.4, -0.2) is 30.3 Å². The summed E-state index contributed by atoms with van der Waals surface area (Å²) in [6.07, 6.45) is 2.01. The van der Waals surface area contributed by atoms with E-state index in [4.69, 9.17) is 15.2 Å². The molecule has 3 aliphatic heterocycles. The first-order valence-electron chi connectivity index (χ1n) is 4.33. The van der Waals surface area contributed by atoms with Crippen molar-refractivity contribution in [2.45, 2.75) is 30.6 Å². The third-order valence-corrected chi connectivity index (χ3v) is 3.33. The van der Waals surface area contributed by atoms with Gasteiger partial charge in [0.25, 0.3) is 0 Å². The Morgan fingerprint density at radius 3 is 3.17 bits per heavy atom. The first-order valence-corrected chi connectivity index (χ1v) is 4.33. The minimum absolute atomic E-state index is 0.0999. The molecule has 4 nitrogen and oxygen atoms in total. The number of fused-ring (bicyclic) bond motifs is 1. The van der Waals surface area contributed by atoms with Crippen LogP contribution in [0.1, 0.15) is 12.8 Å². The van der Waals surface area contributed by atoms with Crippen molar-refractivity contribution in [3.05, 3.63) is 0 Å². The van der Waals surface area contributed by atoms with E-state index in [1.165, 1.54) is 0 Å². The van der Waals surface area contributed by atoms with E-state index in [1.54, 1.807) is 0 Å². The van der Waals surface area contributed by atoms with Crippen molar-refractivity contribution in [2.75, 3.05) is 6.61 Å². The highest BCUT2D eigenvalue weighted by atomic mass is 16.6. The molecule has 3 saturated heterocycles. The fourth-order valence-corrected chi connectivity index (χ4v) is 2.72. The highest BCUT2D eigenvalue weighted by Gasteiger charge is 2.65. The van der Waals surface area contributed by atoms with Crippen LogP contribution in [0.4, 0.5) is 0 Å². The molecular weight excluding hydrogens is 158 g/mol. The quantitative estimate of drug-likeness (QED) is 0.493. The number of hydrogen-bond donors (Lipinski definition) is 1. The van der Waals surface area contributed by atoms with Crippen LogP contribution in [0.5, 0.6) is 0 Å². The zero-order valence-electron chi connectivity index (χ0n) is 6.66. The zero-order valence-corrected chi connectivity index (χ0v) is 6.66. The van der Waals surface area contributed by atoms with Gasteiger partial charge in [0.05, 0.1) is 6.10 Å². The third-order valence-electron chi connectivity index (χ3n) is 3.33. The van der Waals surface area contributed by atoms with Crippen LogP contribution in [0.25, 0.3) is 0 Å². The molecule has 66 valence electrons. The Balaban J connectivity index is 2.05. The number of rotatable bonds is 0. The molecule has 3 aliphatic rings. The van der Waals surface area contributed by atoms with Crippen LogP contribution in [-0.2, 0) is 14.3 Å². The molecule has 0 aromatic heterocycles. The summed E-state index contributed by atoms with van der Waals surface area (Å²) in [6, 6.07) is -0.131. The van der Waals surface area contributed by atoms with Crippen LogP contribution in [0.3, 0.4) is 0 Å². The lowest BCUT2D eigenvalue weighted by atomic mass is 9.78. The Kier molecular flexibility index (Phi) is 1.04. The van der Waals surface area contributed by atoms with E-state index in [-0.39, 0.29) is 29.6 Å². The molecule has 2 bridgehead atoms. The van der Waals surface area contributed by atoms with Crippen molar-refractivity contribution in [3.63, 3.8) is 0 Å². The number of nitrogens with two attached hydrogens (primary N) is 1. The summed E-state index contributed by atoms with van der Waals surface area (Å²) in [5.74, 6) is -0.346. The van der Waals surface area contributed by atoms with Gasteiger partial charge in [-0.3, -0.25) is 4.79 Å². The van der Waals surface area contributed by atoms with E-state index in [0.717, 1.165) is 12.8 Å². The van der Waals surface area contributed by atoms with Gasteiger partial charge in [0.1, 0.15) is 18.1 Å². The molecule has 0 aromatic rings. The predicted molar refractivity (Wildman–Crippen MR) is 39.3 cm³/mol. The lowest BCUT2D eigenvalue weighted by Crippen LogP contribution is -2.45. The Hall–Kier alpha value is -0.610. The average Bonchev–Trinajstić information content (AvgIpc) is 2.65. The molecule has 0 radical (unpaired) electrons. The molecule has 3 heterocycles. The standard InChI is InChI=1S/C8H11NO3/c9-6-4-1-2-8(12-4)3-11-7(10)5(6)8/h4-6H,1-3,9H2/t4-,5+,6-,8+/m1/s1. The SMILES string of the molecule is N[C@H]1[C@H]2C(=O)OC[C@@]23CC[C@H]1O3. The number of carbonyl (C=O) groups is 1. The molecule has 0 unspecified atom stereocenters. The van der Waals surface area contributed by atoms with Crippen LogP contribution in [0.2, 0.25) is 0 Å². The van der Waals surface area contributed by atoms with Gasteiger partial charge in [-0.15, -0.1) is 0 Å². The Morgan fingerprint density at radius 1 is 1.58 bits per heavy atom. The normalized spacial score (nSPS) is 55.8. The molecule has 0 aromatic carbocycles. The molecule has 0 aliphatic carbocycles. The molecule has 3 fully saturated rings. The Morgan fingerprint density at radius 2 is 2.42 bits per heavy atom. The second kappa shape index (κ2) is 1.83. The maximum absolute atomic E-state index is 11.3. The Bertz CT molecular complexity index is 255. The summed E-state index contributed by atoms with van der Waals surface area (Å²) in [7, 11) is 0. The first kappa shape index (κ1) is 6.86. The fraction of sp³-hybridized carbons (Fsp3) is 0.875. The summed E-state index contributed by atoms with van der Waals surface area (Å²) in [4.78, 5) is 11.3. The predicted octanol–water partition coefficient (Wildman–Crippen LogP) is -0.582. The number of ether oxygens (including phenoxy) is 2. The summed E-state index contributed by atoms with van der Waals surface area (Å²) in [6.45, 7) is 0.417. The molecule has 4 atom stereocenters. The van der Waals surface area contributed by atoms with E-state index in [1.807, 2.05) is 0 Å². The van der Waals surface area contributed by atoms with Crippen molar-refractivity contribution >= 4 is 5.97 Å². The number of hydrogen-bond acceptors (Lipinski definition) is 4. The van der Waals surface area contributed by atoms with Gasteiger partial charge in [0, 0.05) is 6.04 Å². The van der Waals surface area contributed by atoms with Crippen LogP contribution >= 0.6 is 0 Å². The maximum atomic E-state index is 11.3. The molecule has 4 heteroatoms. The second-order valence-electron chi connectivity index (χ2n) is 3.92. The van der Waals surface area contributed by atoms with Gasteiger partial charge in [0.15, 0.2) is 0 Å². The molecular formula is C8H11NO3. The van der Waals surface area contributed by atoms with Gasteiger partial charge in [-0.1, -0.05) is 0 Å². The van der Waals surface area contributed by atoms with Gasteiger partial charge in [-0.05, 0) is 12.8 Å². The number of esters is 1. The van der Waals surface area contributed by atoms with Gasteiger partial charge < -0.3 is 15.2 Å². The lowest BCUT2D eigenvalue weighted by molar-refractivity contribution is -0.142. The summed E-state index contributed by atoms with van der Waals surface area (Å²) in [5.41, 5.74) is 5.53. The van der Waals surface area contributed by atoms with Gasteiger partial charge >= 0.3 is 5.97 Å². The monoisotopic (exact) mass is 169 g/mol. The van der Waals surface area contributed by atoms with Gasteiger partial charge in [0.2, 0.25) is 0 Å². The van der Waals surface area contributed by atoms with E-state index in [0.29, 0.717) is 6.61 Å². The van der Waals surface area contributed by atoms with E-state index < -0.39 is 0 Å². The largest absolute Gasteiger partial charge is 0.462 e. The van der Waals surface area contributed by atoms with Gasteiger partial charge in [-0.25, -0.2) is 0 Å². The van der Waals surface area contributed by atoms with Crippen molar-refractivity contribution in [1.29, 1.82) is 0 Å². The van der Waals surface area contributed by atoms with Crippen LogP contribution < -0.4 is 5.73 Å². The maximum Gasteiger partial charge on any atom is 0.313 e. The third kappa shape index (κ3) is 0.559.